The second-order valence-electron chi connectivity index (χ2n) is 4.58. The molecule has 0 aromatic heterocycles. The van der Waals surface area contributed by atoms with Gasteiger partial charge in [-0.25, -0.2) is 0 Å². The number of aliphatic hydroxyl groups is 1. The van der Waals surface area contributed by atoms with Gasteiger partial charge in [0.05, 0.1) is 5.60 Å². The van der Waals surface area contributed by atoms with Gasteiger partial charge in [0.25, 0.3) is 0 Å². The lowest BCUT2D eigenvalue weighted by atomic mass is 9.97. The van der Waals surface area contributed by atoms with E-state index in [0.29, 0.717) is 0 Å². The molecule has 1 unspecified atom stereocenters. The molecular weight excluding hydrogens is 176 g/mol. The van der Waals surface area contributed by atoms with Crippen LogP contribution in [0.15, 0.2) is 18.2 Å². The fourth-order valence-electron chi connectivity index (χ4n) is 1.73. The molecule has 2 nitrogen and oxygen atoms in total. The van der Waals surface area contributed by atoms with E-state index in [2.05, 4.69) is 12.1 Å². The zero-order chi connectivity index (χ0) is 10.3. The molecule has 0 radical (unpaired) electrons. The van der Waals surface area contributed by atoms with E-state index >= 15 is 0 Å². The Bertz CT molecular complexity index is 350. The predicted molar refractivity (Wildman–Crippen MR) is 55.6 cm³/mol. The standard InChI is InChI=1S/C12H16O2/c1-8-4-5-9-7-11(12(2,3)13)14-10(9)6-8/h4-6,11,13H,7H2,1-3H3. The van der Waals surface area contributed by atoms with E-state index in [1.165, 1.54) is 11.1 Å². The fraction of sp³-hybridized carbons (Fsp3) is 0.500. The molecule has 1 atom stereocenters. The first kappa shape index (κ1) is 9.53. The number of hydrogen-bond donors (Lipinski definition) is 1. The molecule has 1 N–H and O–H groups in total. The Balaban J connectivity index is 2.26. The summed E-state index contributed by atoms with van der Waals surface area (Å²) in [6.45, 7) is 5.62. The molecule has 76 valence electrons. The van der Waals surface area contributed by atoms with Crippen molar-refractivity contribution in [3.63, 3.8) is 0 Å². The monoisotopic (exact) mass is 192 g/mol. The normalized spacial score (nSPS) is 20.4. The van der Waals surface area contributed by atoms with Crippen LogP contribution in [0, 0.1) is 6.92 Å². The van der Waals surface area contributed by atoms with Crippen molar-refractivity contribution in [1.29, 1.82) is 0 Å². The van der Waals surface area contributed by atoms with Crippen molar-refractivity contribution in [1.82, 2.24) is 0 Å². The SMILES string of the molecule is Cc1ccc2c(c1)OC(C(C)(C)O)C2. The predicted octanol–water partition coefficient (Wildman–Crippen LogP) is 2.07. The van der Waals surface area contributed by atoms with Crippen LogP contribution in [0.25, 0.3) is 0 Å². The van der Waals surface area contributed by atoms with E-state index in [4.69, 9.17) is 4.74 Å². The molecule has 0 amide bonds. The third-order valence-corrected chi connectivity index (χ3v) is 2.69. The van der Waals surface area contributed by atoms with Gasteiger partial charge in [-0.1, -0.05) is 12.1 Å². The highest BCUT2D eigenvalue weighted by Crippen LogP contribution is 2.33. The largest absolute Gasteiger partial charge is 0.487 e. The summed E-state index contributed by atoms with van der Waals surface area (Å²) in [6, 6.07) is 6.19. The quantitative estimate of drug-likeness (QED) is 0.738. The molecule has 0 saturated carbocycles. The lowest BCUT2D eigenvalue weighted by Crippen LogP contribution is -2.39. The highest BCUT2D eigenvalue weighted by molar-refractivity contribution is 5.41. The Kier molecular flexibility index (Phi) is 2.04. The molecule has 14 heavy (non-hydrogen) atoms. The molecular formula is C12H16O2. The van der Waals surface area contributed by atoms with Crippen LogP contribution in [-0.4, -0.2) is 16.8 Å². The minimum absolute atomic E-state index is 0.112. The molecule has 1 aromatic rings. The number of ether oxygens (including phenoxy) is 1. The minimum Gasteiger partial charge on any atom is -0.487 e. The molecule has 0 aliphatic carbocycles. The van der Waals surface area contributed by atoms with E-state index in [0.717, 1.165) is 12.2 Å². The Hall–Kier alpha value is -1.02. The second kappa shape index (κ2) is 2.99. The van der Waals surface area contributed by atoms with Gasteiger partial charge in [0.1, 0.15) is 11.9 Å². The molecule has 1 heterocycles. The first-order valence-electron chi connectivity index (χ1n) is 4.95. The molecule has 0 spiro atoms. The third-order valence-electron chi connectivity index (χ3n) is 2.69. The summed E-state index contributed by atoms with van der Waals surface area (Å²) in [6.07, 6.45) is 0.693. The summed E-state index contributed by atoms with van der Waals surface area (Å²) in [4.78, 5) is 0. The van der Waals surface area contributed by atoms with Crippen molar-refractivity contribution in [2.45, 2.75) is 38.9 Å². The maximum absolute atomic E-state index is 9.83. The molecule has 0 fully saturated rings. The van der Waals surface area contributed by atoms with Gasteiger partial charge < -0.3 is 9.84 Å². The average molecular weight is 192 g/mol. The van der Waals surface area contributed by atoms with Crippen LogP contribution in [0.5, 0.6) is 5.75 Å². The van der Waals surface area contributed by atoms with Gasteiger partial charge in [0, 0.05) is 6.42 Å². The van der Waals surface area contributed by atoms with Crippen LogP contribution in [0.3, 0.4) is 0 Å². The van der Waals surface area contributed by atoms with Crippen LogP contribution in [0.4, 0.5) is 0 Å². The van der Waals surface area contributed by atoms with Gasteiger partial charge in [-0.05, 0) is 38.0 Å². The number of aryl methyl sites for hydroxylation is 1. The number of benzene rings is 1. The Morgan fingerprint density at radius 1 is 1.43 bits per heavy atom. The van der Waals surface area contributed by atoms with Gasteiger partial charge >= 0.3 is 0 Å². The first-order chi connectivity index (χ1) is 6.47. The molecule has 1 aliphatic rings. The molecule has 1 aromatic carbocycles. The number of rotatable bonds is 1. The summed E-state index contributed by atoms with van der Waals surface area (Å²) in [7, 11) is 0. The number of fused-ring (bicyclic) bond motifs is 1. The van der Waals surface area contributed by atoms with Crippen molar-refractivity contribution in [3.05, 3.63) is 29.3 Å². The van der Waals surface area contributed by atoms with Gasteiger partial charge in [-0.15, -0.1) is 0 Å². The molecule has 0 saturated heterocycles. The summed E-state index contributed by atoms with van der Waals surface area (Å²) >= 11 is 0. The van der Waals surface area contributed by atoms with Crippen molar-refractivity contribution >= 4 is 0 Å². The lowest BCUT2D eigenvalue weighted by molar-refractivity contribution is -0.0229. The van der Waals surface area contributed by atoms with Crippen molar-refractivity contribution in [3.8, 4) is 5.75 Å². The fourth-order valence-corrected chi connectivity index (χ4v) is 1.73. The summed E-state index contributed by atoms with van der Waals surface area (Å²) in [5.41, 5.74) is 1.62. The van der Waals surface area contributed by atoms with Crippen LogP contribution >= 0.6 is 0 Å². The van der Waals surface area contributed by atoms with Gasteiger partial charge in [-0.2, -0.15) is 0 Å². The van der Waals surface area contributed by atoms with E-state index in [1.807, 2.05) is 13.0 Å². The van der Waals surface area contributed by atoms with Crippen LogP contribution < -0.4 is 4.74 Å². The van der Waals surface area contributed by atoms with E-state index in [9.17, 15) is 5.11 Å². The Labute approximate surface area is 84.5 Å². The zero-order valence-electron chi connectivity index (χ0n) is 8.87. The van der Waals surface area contributed by atoms with E-state index in [-0.39, 0.29) is 6.10 Å². The highest BCUT2D eigenvalue weighted by atomic mass is 16.5. The summed E-state index contributed by atoms with van der Waals surface area (Å²) in [5, 5.41) is 9.83. The van der Waals surface area contributed by atoms with Gasteiger partial charge in [0.15, 0.2) is 0 Å². The second-order valence-corrected chi connectivity index (χ2v) is 4.58. The van der Waals surface area contributed by atoms with E-state index < -0.39 is 5.60 Å². The van der Waals surface area contributed by atoms with E-state index in [1.54, 1.807) is 13.8 Å². The van der Waals surface area contributed by atoms with Crippen molar-refractivity contribution < 1.29 is 9.84 Å². The Morgan fingerprint density at radius 3 is 2.79 bits per heavy atom. The van der Waals surface area contributed by atoms with Crippen LogP contribution in [0.2, 0.25) is 0 Å². The smallest absolute Gasteiger partial charge is 0.131 e. The highest BCUT2D eigenvalue weighted by Gasteiger charge is 2.34. The molecule has 2 rings (SSSR count). The summed E-state index contributed by atoms with van der Waals surface area (Å²) < 4.78 is 5.70. The molecule has 0 bridgehead atoms. The van der Waals surface area contributed by atoms with Gasteiger partial charge in [0.2, 0.25) is 0 Å². The van der Waals surface area contributed by atoms with Crippen molar-refractivity contribution in [2.75, 3.05) is 0 Å². The van der Waals surface area contributed by atoms with Crippen LogP contribution in [-0.2, 0) is 6.42 Å². The van der Waals surface area contributed by atoms with Crippen LogP contribution in [0.1, 0.15) is 25.0 Å². The molecule has 2 heteroatoms. The number of hydrogen-bond acceptors (Lipinski definition) is 2. The zero-order valence-corrected chi connectivity index (χ0v) is 8.87. The Morgan fingerprint density at radius 2 is 2.14 bits per heavy atom. The minimum atomic E-state index is -0.771. The molecule has 1 aliphatic heterocycles. The maximum Gasteiger partial charge on any atom is 0.131 e. The van der Waals surface area contributed by atoms with Gasteiger partial charge in [-0.3, -0.25) is 0 Å². The van der Waals surface area contributed by atoms with Crippen molar-refractivity contribution in [2.24, 2.45) is 0 Å². The summed E-state index contributed by atoms with van der Waals surface area (Å²) in [5.74, 6) is 0.928. The topological polar surface area (TPSA) is 29.5 Å². The maximum atomic E-state index is 9.83. The average Bonchev–Trinajstić information content (AvgIpc) is 2.45. The third kappa shape index (κ3) is 1.62. The lowest BCUT2D eigenvalue weighted by Gasteiger charge is -2.24. The first-order valence-corrected chi connectivity index (χ1v) is 4.95.